The number of aliphatic hydroxyl groups is 1. The SMILES string of the molecule is CCOC(=O)c1ccc(C(=O)C(O)c2ccc(C(=O)OCC)cc2)cc1.CCOCC. The molecule has 31 heavy (non-hydrogen) atoms. The van der Waals surface area contributed by atoms with Crippen molar-refractivity contribution in [3.8, 4) is 0 Å². The highest BCUT2D eigenvalue weighted by molar-refractivity contribution is 6.01. The highest BCUT2D eigenvalue weighted by atomic mass is 16.5. The van der Waals surface area contributed by atoms with Crippen LogP contribution >= 0.6 is 0 Å². The fraction of sp³-hybridized carbons (Fsp3) is 0.375. The maximum Gasteiger partial charge on any atom is 0.338 e. The lowest BCUT2D eigenvalue weighted by Crippen LogP contribution is -2.13. The fourth-order valence-corrected chi connectivity index (χ4v) is 2.51. The lowest BCUT2D eigenvalue weighted by Gasteiger charge is -2.11. The number of hydrogen-bond donors (Lipinski definition) is 1. The number of carbonyl (C=O) groups excluding carboxylic acids is 3. The molecule has 2 rings (SSSR count). The van der Waals surface area contributed by atoms with Crippen molar-refractivity contribution < 1.29 is 33.7 Å². The summed E-state index contributed by atoms with van der Waals surface area (Å²) >= 11 is 0. The molecule has 0 aliphatic carbocycles. The largest absolute Gasteiger partial charge is 0.462 e. The maximum atomic E-state index is 12.4. The van der Waals surface area contributed by atoms with Gasteiger partial charge in [-0.2, -0.15) is 0 Å². The van der Waals surface area contributed by atoms with Crippen LogP contribution in [0.1, 0.15) is 70.4 Å². The van der Waals surface area contributed by atoms with Gasteiger partial charge in [-0.1, -0.05) is 24.3 Å². The third kappa shape index (κ3) is 8.32. The Morgan fingerprint density at radius 2 is 1.06 bits per heavy atom. The van der Waals surface area contributed by atoms with Crippen LogP contribution in [0.15, 0.2) is 48.5 Å². The molecule has 0 saturated heterocycles. The van der Waals surface area contributed by atoms with Gasteiger partial charge in [-0.15, -0.1) is 0 Å². The molecule has 7 nitrogen and oxygen atoms in total. The van der Waals surface area contributed by atoms with Gasteiger partial charge in [0.25, 0.3) is 0 Å². The van der Waals surface area contributed by atoms with Gasteiger partial charge < -0.3 is 19.3 Å². The van der Waals surface area contributed by atoms with Crippen LogP contribution in [-0.4, -0.2) is 49.3 Å². The minimum absolute atomic E-state index is 0.264. The van der Waals surface area contributed by atoms with Crippen LogP contribution in [0.4, 0.5) is 0 Å². The van der Waals surface area contributed by atoms with Crippen molar-refractivity contribution in [1.29, 1.82) is 0 Å². The van der Waals surface area contributed by atoms with Crippen molar-refractivity contribution in [2.24, 2.45) is 0 Å². The van der Waals surface area contributed by atoms with E-state index in [1.54, 1.807) is 13.8 Å². The predicted molar refractivity (Wildman–Crippen MR) is 116 cm³/mol. The maximum absolute atomic E-state index is 12.4. The zero-order valence-electron chi connectivity index (χ0n) is 18.4. The number of hydrogen-bond acceptors (Lipinski definition) is 7. The van der Waals surface area contributed by atoms with Crippen molar-refractivity contribution >= 4 is 17.7 Å². The lowest BCUT2D eigenvalue weighted by atomic mass is 9.98. The molecule has 1 atom stereocenters. The van der Waals surface area contributed by atoms with Gasteiger partial charge >= 0.3 is 11.9 Å². The molecular formula is C24H30O7. The Hall–Kier alpha value is -3.03. The number of esters is 2. The molecule has 0 aliphatic rings. The summed E-state index contributed by atoms with van der Waals surface area (Å²) in [6.07, 6.45) is -1.38. The standard InChI is InChI=1S/C20H20O6.C4H10O/c1-3-25-19(23)15-9-5-13(6-10-15)17(21)18(22)14-7-11-16(12-8-14)20(24)26-4-2;1-3-5-4-2/h5-12,17,21H,3-4H2,1-2H3;3-4H2,1-2H3. The Morgan fingerprint density at radius 3 is 1.42 bits per heavy atom. The molecule has 2 aromatic rings. The molecule has 1 unspecified atom stereocenters. The predicted octanol–water partition coefficient (Wildman–Crippen LogP) is 4.00. The molecule has 0 spiro atoms. The normalized spacial score (nSPS) is 11.0. The molecule has 0 aliphatic heterocycles. The lowest BCUT2D eigenvalue weighted by molar-refractivity contribution is 0.0516. The minimum Gasteiger partial charge on any atom is -0.462 e. The Morgan fingerprint density at radius 1 is 0.677 bits per heavy atom. The second kappa shape index (κ2) is 14.1. The van der Waals surface area contributed by atoms with E-state index < -0.39 is 23.8 Å². The van der Waals surface area contributed by atoms with Crippen LogP contribution in [0, 0.1) is 0 Å². The van der Waals surface area contributed by atoms with Gasteiger partial charge in [0.15, 0.2) is 5.78 Å². The zero-order chi connectivity index (χ0) is 23.2. The number of Topliss-reactive ketones (excluding diaryl/α,β-unsaturated/α-hetero) is 1. The van der Waals surface area contributed by atoms with E-state index in [1.807, 2.05) is 13.8 Å². The third-order valence-corrected chi connectivity index (χ3v) is 4.07. The topological polar surface area (TPSA) is 99.1 Å². The Balaban J connectivity index is 0.000000861. The van der Waals surface area contributed by atoms with Crippen molar-refractivity contribution in [3.63, 3.8) is 0 Å². The molecule has 168 valence electrons. The first-order valence-corrected chi connectivity index (χ1v) is 10.2. The average Bonchev–Trinajstić information content (AvgIpc) is 2.79. The van der Waals surface area contributed by atoms with E-state index in [2.05, 4.69) is 0 Å². The Labute approximate surface area is 182 Å². The van der Waals surface area contributed by atoms with E-state index in [-0.39, 0.29) is 18.8 Å². The second-order valence-electron chi connectivity index (χ2n) is 6.19. The summed E-state index contributed by atoms with van der Waals surface area (Å²) in [6.45, 7) is 9.62. The highest BCUT2D eigenvalue weighted by Crippen LogP contribution is 2.20. The highest BCUT2D eigenvalue weighted by Gasteiger charge is 2.20. The van der Waals surface area contributed by atoms with Crippen molar-refractivity contribution in [1.82, 2.24) is 0 Å². The molecule has 0 amide bonds. The van der Waals surface area contributed by atoms with Crippen LogP contribution in [-0.2, 0) is 14.2 Å². The molecule has 0 saturated carbocycles. The first kappa shape index (κ1) is 26.0. The Kier molecular flexibility index (Phi) is 11.8. The van der Waals surface area contributed by atoms with Crippen molar-refractivity contribution in [2.45, 2.75) is 33.8 Å². The third-order valence-electron chi connectivity index (χ3n) is 4.07. The van der Waals surface area contributed by atoms with Crippen molar-refractivity contribution in [3.05, 3.63) is 70.8 Å². The molecule has 7 heteroatoms. The molecule has 2 aromatic carbocycles. The molecule has 0 bridgehead atoms. The van der Waals surface area contributed by atoms with Crippen molar-refractivity contribution in [2.75, 3.05) is 26.4 Å². The van der Waals surface area contributed by atoms with E-state index in [9.17, 15) is 19.5 Å². The van der Waals surface area contributed by atoms with Gasteiger partial charge in [-0.25, -0.2) is 9.59 Å². The van der Waals surface area contributed by atoms with Gasteiger partial charge in [0.1, 0.15) is 6.10 Å². The van der Waals surface area contributed by atoms with E-state index in [4.69, 9.17) is 14.2 Å². The number of rotatable bonds is 9. The van der Waals surface area contributed by atoms with E-state index in [1.165, 1.54) is 48.5 Å². The molecule has 0 radical (unpaired) electrons. The van der Waals surface area contributed by atoms with Gasteiger partial charge in [0.2, 0.25) is 0 Å². The molecule has 0 aromatic heterocycles. The van der Waals surface area contributed by atoms with Gasteiger partial charge in [-0.3, -0.25) is 4.79 Å². The van der Waals surface area contributed by atoms with Crippen LogP contribution in [0.2, 0.25) is 0 Å². The average molecular weight is 430 g/mol. The summed E-state index contributed by atoms with van der Waals surface area (Å²) in [5, 5.41) is 10.3. The molecule has 0 fully saturated rings. The zero-order valence-corrected chi connectivity index (χ0v) is 18.4. The minimum atomic E-state index is -1.38. The van der Waals surface area contributed by atoms with E-state index >= 15 is 0 Å². The summed E-state index contributed by atoms with van der Waals surface area (Å²) in [6, 6.07) is 11.9. The summed E-state index contributed by atoms with van der Waals surface area (Å²) < 4.78 is 14.6. The van der Waals surface area contributed by atoms with E-state index in [0.717, 1.165) is 13.2 Å². The summed E-state index contributed by atoms with van der Waals surface area (Å²) in [7, 11) is 0. The summed E-state index contributed by atoms with van der Waals surface area (Å²) in [5.74, 6) is -1.44. The van der Waals surface area contributed by atoms with Crippen LogP contribution in [0.3, 0.4) is 0 Å². The number of carbonyl (C=O) groups is 3. The van der Waals surface area contributed by atoms with Gasteiger partial charge in [-0.05, 0) is 57.5 Å². The first-order valence-electron chi connectivity index (χ1n) is 10.2. The molecular weight excluding hydrogens is 400 g/mol. The fourth-order valence-electron chi connectivity index (χ4n) is 2.51. The summed E-state index contributed by atoms with van der Waals surface area (Å²) in [5.41, 5.74) is 1.29. The second-order valence-corrected chi connectivity index (χ2v) is 6.19. The monoisotopic (exact) mass is 430 g/mol. The quantitative estimate of drug-likeness (QED) is 0.474. The number of benzene rings is 2. The number of ketones is 1. The molecule has 0 heterocycles. The number of ether oxygens (including phenoxy) is 3. The molecule has 1 N–H and O–H groups in total. The number of aliphatic hydroxyl groups excluding tert-OH is 1. The Bertz CT molecular complexity index is 824. The van der Waals surface area contributed by atoms with Crippen LogP contribution < -0.4 is 0 Å². The first-order chi connectivity index (χ1) is 14.9. The summed E-state index contributed by atoms with van der Waals surface area (Å²) in [4.78, 5) is 35.7. The smallest absolute Gasteiger partial charge is 0.338 e. The van der Waals surface area contributed by atoms with Crippen LogP contribution in [0.5, 0.6) is 0 Å². The van der Waals surface area contributed by atoms with Gasteiger partial charge in [0, 0.05) is 18.8 Å². The van der Waals surface area contributed by atoms with Gasteiger partial charge in [0.05, 0.1) is 24.3 Å². The van der Waals surface area contributed by atoms with E-state index in [0.29, 0.717) is 16.7 Å². The van der Waals surface area contributed by atoms with Crippen LogP contribution in [0.25, 0.3) is 0 Å².